The molecule has 2 heterocycles. The molecule has 13 N–H and O–H groups in total. The van der Waals surface area contributed by atoms with Crippen LogP contribution in [0.25, 0.3) is 0 Å². The Bertz CT molecular complexity index is 590. The third-order valence-corrected chi connectivity index (χ3v) is 6.07. The van der Waals surface area contributed by atoms with Crippen LogP contribution in [0.2, 0.25) is 0 Å². The highest BCUT2D eigenvalue weighted by Gasteiger charge is 2.52. The second-order valence-corrected chi connectivity index (χ2v) is 8.25. The van der Waals surface area contributed by atoms with Crippen LogP contribution >= 0.6 is 0 Å². The highest BCUT2D eigenvalue weighted by Crippen LogP contribution is 2.32. The predicted molar refractivity (Wildman–Crippen MR) is 99.8 cm³/mol. The Labute approximate surface area is 178 Å². The summed E-state index contributed by atoms with van der Waals surface area (Å²) in [6, 6.07) is -2.82. The predicted octanol–water partition coefficient (Wildman–Crippen LogP) is -6.62. The van der Waals surface area contributed by atoms with Gasteiger partial charge in [0.25, 0.3) is 0 Å². The lowest BCUT2D eigenvalue weighted by atomic mass is 9.84. The molecule has 3 rings (SSSR count). The van der Waals surface area contributed by atoms with E-state index in [0.29, 0.717) is 0 Å². The van der Waals surface area contributed by atoms with Gasteiger partial charge >= 0.3 is 0 Å². The SMILES string of the molecule is N[C@H]1[C@@H](O[C@H]2[C@@H](O[C@@H]3O[C@H](CO)[C@@H](O)[C@H]3O)[C@@H](O)[C@H](N)C[C@@H]2N)O[C@H](CO)[C@@H](O)[C@@H]1O. The third-order valence-electron chi connectivity index (χ3n) is 6.07. The summed E-state index contributed by atoms with van der Waals surface area (Å²) in [6.45, 7) is -1.19. The van der Waals surface area contributed by atoms with Gasteiger partial charge in [-0.15, -0.1) is 0 Å². The molecule has 14 nitrogen and oxygen atoms in total. The van der Waals surface area contributed by atoms with Gasteiger partial charge in [0.15, 0.2) is 12.6 Å². The van der Waals surface area contributed by atoms with E-state index in [2.05, 4.69) is 0 Å². The van der Waals surface area contributed by atoms with Crippen LogP contribution in [0.5, 0.6) is 0 Å². The summed E-state index contributed by atoms with van der Waals surface area (Å²) in [5.41, 5.74) is 18.0. The second kappa shape index (κ2) is 10.1. The van der Waals surface area contributed by atoms with Crippen LogP contribution in [0.4, 0.5) is 0 Å². The Hall–Kier alpha value is -0.560. The summed E-state index contributed by atoms with van der Waals surface area (Å²) in [7, 11) is 0. The number of aliphatic hydroxyl groups is 7. The smallest absolute Gasteiger partial charge is 0.187 e. The number of ether oxygens (including phenoxy) is 4. The van der Waals surface area contributed by atoms with Gasteiger partial charge in [0, 0.05) is 12.1 Å². The van der Waals surface area contributed by atoms with Crippen molar-refractivity contribution in [3.63, 3.8) is 0 Å². The maximum absolute atomic E-state index is 10.6. The van der Waals surface area contributed by atoms with Gasteiger partial charge in [0.05, 0.1) is 25.4 Å². The molecule has 0 spiro atoms. The Kier molecular flexibility index (Phi) is 8.21. The van der Waals surface area contributed by atoms with E-state index < -0.39 is 98.9 Å². The molecule has 0 bridgehead atoms. The molecular weight excluding hydrogens is 422 g/mol. The topological polar surface area (TPSA) is 257 Å². The Balaban J connectivity index is 1.78. The lowest BCUT2D eigenvalue weighted by Crippen LogP contribution is -2.68. The molecule has 182 valence electrons. The number of hydrogen-bond donors (Lipinski definition) is 10. The van der Waals surface area contributed by atoms with E-state index in [1.54, 1.807) is 0 Å². The molecule has 0 aromatic heterocycles. The molecule has 3 fully saturated rings. The lowest BCUT2D eigenvalue weighted by molar-refractivity contribution is -0.310. The first-order valence-electron chi connectivity index (χ1n) is 10.1. The summed E-state index contributed by atoms with van der Waals surface area (Å²) >= 11 is 0. The van der Waals surface area contributed by atoms with E-state index in [4.69, 9.17) is 36.1 Å². The van der Waals surface area contributed by atoms with E-state index in [9.17, 15) is 35.7 Å². The molecular formula is C17H33N3O11. The van der Waals surface area contributed by atoms with Crippen LogP contribution in [0.15, 0.2) is 0 Å². The Morgan fingerprint density at radius 2 is 1.16 bits per heavy atom. The van der Waals surface area contributed by atoms with Crippen molar-refractivity contribution < 1.29 is 54.7 Å². The largest absolute Gasteiger partial charge is 0.394 e. The number of aliphatic hydroxyl groups excluding tert-OH is 7. The number of hydrogen-bond acceptors (Lipinski definition) is 14. The molecule has 1 aliphatic carbocycles. The molecule has 0 aromatic carbocycles. The van der Waals surface area contributed by atoms with Crippen molar-refractivity contribution in [2.75, 3.05) is 13.2 Å². The number of nitrogens with two attached hydrogens (primary N) is 3. The van der Waals surface area contributed by atoms with Gasteiger partial charge in [-0.1, -0.05) is 0 Å². The quantitative estimate of drug-likeness (QED) is 0.179. The van der Waals surface area contributed by atoms with Crippen molar-refractivity contribution in [2.24, 2.45) is 17.2 Å². The van der Waals surface area contributed by atoms with E-state index in [0.717, 1.165) is 0 Å². The summed E-state index contributed by atoms with van der Waals surface area (Å²) in [6.07, 6.45) is -14.5. The normalized spacial score (nSPS) is 53.6. The molecule has 14 heteroatoms. The van der Waals surface area contributed by atoms with Gasteiger partial charge in [0.2, 0.25) is 0 Å². The van der Waals surface area contributed by atoms with Crippen molar-refractivity contribution in [3.05, 3.63) is 0 Å². The van der Waals surface area contributed by atoms with Gasteiger partial charge in [-0.3, -0.25) is 0 Å². The minimum absolute atomic E-state index is 0.123. The molecule has 14 atom stereocenters. The van der Waals surface area contributed by atoms with E-state index in [1.165, 1.54) is 0 Å². The second-order valence-electron chi connectivity index (χ2n) is 8.25. The van der Waals surface area contributed by atoms with Crippen molar-refractivity contribution in [2.45, 2.75) is 92.1 Å². The maximum atomic E-state index is 10.6. The molecule has 0 amide bonds. The zero-order valence-electron chi connectivity index (χ0n) is 16.7. The Morgan fingerprint density at radius 3 is 1.74 bits per heavy atom. The highest BCUT2D eigenvalue weighted by atomic mass is 16.7. The molecule has 0 aromatic rings. The van der Waals surface area contributed by atoms with Crippen LogP contribution in [-0.2, 0) is 18.9 Å². The maximum Gasteiger partial charge on any atom is 0.187 e. The van der Waals surface area contributed by atoms with E-state index >= 15 is 0 Å². The fraction of sp³-hybridized carbons (Fsp3) is 1.00. The highest BCUT2D eigenvalue weighted by molar-refractivity contribution is 5.01. The van der Waals surface area contributed by atoms with Crippen molar-refractivity contribution in [1.82, 2.24) is 0 Å². The fourth-order valence-electron chi connectivity index (χ4n) is 4.12. The molecule has 31 heavy (non-hydrogen) atoms. The van der Waals surface area contributed by atoms with Gasteiger partial charge in [0.1, 0.15) is 48.8 Å². The first kappa shape index (κ1) is 25.1. The van der Waals surface area contributed by atoms with Crippen molar-refractivity contribution in [3.8, 4) is 0 Å². The summed E-state index contributed by atoms with van der Waals surface area (Å²) in [4.78, 5) is 0. The van der Waals surface area contributed by atoms with Gasteiger partial charge in [-0.05, 0) is 6.42 Å². The summed E-state index contributed by atoms with van der Waals surface area (Å²) in [5, 5.41) is 69.4. The molecule has 3 aliphatic rings. The monoisotopic (exact) mass is 455 g/mol. The van der Waals surface area contributed by atoms with E-state index in [1.807, 2.05) is 0 Å². The minimum atomic E-state index is -1.52. The summed E-state index contributed by atoms with van der Waals surface area (Å²) < 4.78 is 22.2. The average Bonchev–Trinajstić information content (AvgIpc) is 3.02. The van der Waals surface area contributed by atoms with Crippen LogP contribution in [0.1, 0.15) is 6.42 Å². The summed E-state index contributed by atoms with van der Waals surface area (Å²) in [5.74, 6) is 0. The van der Waals surface area contributed by atoms with E-state index in [-0.39, 0.29) is 6.42 Å². The van der Waals surface area contributed by atoms with Gasteiger partial charge in [-0.25, -0.2) is 0 Å². The molecule has 0 unspecified atom stereocenters. The van der Waals surface area contributed by atoms with Gasteiger partial charge < -0.3 is 71.9 Å². The van der Waals surface area contributed by atoms with Crippen LogP contribution in [0, 0.1) is 0 Å². The van der Waals surface area contributed by atoms with Gasteiger partial charge in [-0.2, -0.15) is 0 Å². The standard InChI is InChI=1S/C17H33N3O11/c18-4-1-5(19)14(30-16-8(20)12(26)10(24)6(2-21)28-16)15(9(4)23)31-17-13(27)11(25)7(3-22)29-17/h4-17,21-27H,1-3,18-20H2/t4-,5+,6-,7-,8-,9+,10-,11-,12-,13-,14-,15+,16-,17+/m1/s1. The zero-order valence-corrected chi connectivity index (χ0v) is 16.7. The molecule has 2 aliphatic heterocycles. The van der Waals surface area contributed by atoms with Crippen molar-refractivity contribution in [1.29, 1.82) is 0 Å². The minimum Gasteiger partial charge on any atom is -0.394 e. The number of rotatable bonds is 6. The van der Waals surface area contributed by atoms with Crippen LogP contribution < -0.4 is 17.2 Å². The third kappa shape index (κ3) is 4.87. The van der Waals surface area contributed by atoms with Crippen molar-refractivity contribution >= 4 is 0 Å². The first-order chi connectivity index (χ1) is 14.6. The fourth-order valence-corrected chi connectivity index (χ4v) is 4.12. The molecule has 2 saturated heterocycles. The zero-order chi connectivity index (χ0) is 23.0. The Morgan fingerprint density at radius 1 is 0.645 bits per heavy atom. The molecule has 0 radical (unpaired) electrons. The first-order valence-corrected chi connectivity index (χ1v) is 10.1. The molecule has 1 saturated carbocycles. The lowest BCUT2D eigenvalue weighted by Gasteiger charge is -2.47. The van der Waals surface area contributed by atoms with Crippen LogP contribution in [-0.4, -0.2) is 135 Å². The average molecular weight is 455 g/mol. The van der Waals surface area contributed by atoms with Crippen LogP contribution in [0.3, 0.4) is 0 Å².